The predicted octanol–water partition coefficient (Wildman–Crippen LogP) is 2.46. The van der Waals surface area contributed by atoms with E-state index in [4.69, 9.17) is 24.8 Å². The zero-order valence-electron chi connectivity index (χ0n) is 35.0. The fourth-order valence-electron chi connectivity index (χ4n) is 6.56. The van der Waals surface area contributed by atoms with E-state index in [-0.39, 0.29) is 59.2 Å². The van der Waals surface area contributed by atoms with Gasteiger partial charge in [0.25, 0.3) is 0 Å². The van der Waals surface area contributed by atoms with Crippen LogP contribution in [0.25, 0.3) is 0 Å². The molecule has 1 fully saturated rings. The summed E-state index contributed by atoms with van der Waals surface area (Å²) in [6, 6.07) is 9.16. The lowest BCUT2D eigenvalue weighted by molar-refractivity contribution is -0.142. The molecule has 0 saturated carbocycles. The van der Waals surface area contributed by atoms with Gasteiger partial charge < -0.3 is 44.2 Å². The minimum Gasteiger partial charge on any atom is -0.379 e. The Morgan fingerprint density at radius 3 is 2.16 bits per heavy atom. The highest BCUT2D eigenvalue weighted by molar-refractivity contribution is 8.01. The molecule has 7 unspecified atom stereocenters. The van der Waals surface area contributed by atoms with E-state index in [0.717, 1.165) is 31.2 Å². The van der Waals surface area contributed by atoms with Crippen LogP contribution < -0.4 is 16.5 Å². The number of hydrogen-bond acceptors (Lipinski definition) is 12. The Morgan fingerprint density at radius 2 is 1.55 bits per heavy atom. The summed E-state index contributed by atoms with van der Waals surface area (Å²) in [5.41, 5.74) is 1.16. The van der Waals surface area contributed by atoms with Crippen LogP contribution in [0.4, 0.5) is 0 Å². The second-order valence-electron chi connectivity index (χ2n) is 14.5. The number of carbonyl (C=O) groups is 4. The summed E-state index contributed by atoms with van der Waals surface area (Å²) in [6.07, 6.45) is 2.69. The quantitative estimate of drug-likeness (QED) is 0.0799. The van der Waals surface area contributed by atoms with E-state index in [1.54, 1.807) is 26.0 Å². The van der Waals surface area contributed by atoms with Crippen molar-refractivity contribution in [3.05, 3.63) is 35.9 Å². The number of methoxy groups -OCH3 is 1. The SMILES string of the molecule is CCC(C)C(C(CC(=O)N1CCCC1SC(C)C(=O)NC(C)Cc1ccccc1)OC)N(C)C(=O)CNC(=O)C(C)N(C)CCOCCOCCOCCON. The standard InChI is InChI=1S/C40H70N6O9S/c1-9-29(2)38(45(7)36(48)28-42-39(49)31(4)44(6)18-19-52-20-21-53-22-23-54-24-25-55-41)34(51-8)27-35(47)46-17-13-16-37(46)56-32(5)40(50)43-30(3)26-33-14-11-10-12-15-33/h10-12,14-15,29-32,34,37-38H,9,13,16-28,41H2,1-8H3,(H,42,49)(H,43,50). The normalized spacial score (nSPS) is 17.5. The summed E-state index contributed by atoms with van der Waals surface area (Å²) in [5, 5.41) is 5.46. The van der Waals surface area contributed by atoms with Crippen LogP contribution in [0.5, 0.6) is 0 Å². The molecule has 0 bridgehead atoms. The minimum absolute atomic E-state index is 0.0166. The van der Waals surface area contributed by atoms with Gasteiger partial charge in [-0.05, 0) is 58.6 Å². The van der Waals surface area contributed by atoms with Gasteiger partial charge in [-0.2, -0.15) is 0 Å². The van der Waals surface area contributed by atoms with Crippen LogP contribution in [0.3, 0.4) is 0 Å². The molecule has 1 aliphatic rings. The minimum atomic E-state index is -0.562. The van der Waals surface area contributed by atoms with Gasteiger partial charge in [-0.25, -0.2) is 5.90 Å². The first-order valence-electron chi connectivity index (χ1n) is 19.9. The van der Waals surface area contributed by atoms with E-state index in [0.29, 0.717) is 59.3 Å². The van der Waals surface area contributed by atoms with Crippen molar-refractivity contribution in [1.29, 1.82) is 0 Å². The van der Waals surface area contributed by atoms with Crippen LogP contribution in [0.2, 0.25) is 0 Å². The summed E-state index contributed by atoms with van der Waals surface area (Å²) >= 11 is 1.51. The molecule has 0 spiro atoms. The molecule has 1 aliphatic heterocycles. The Labute approximate surface area is 339 Å². The second kappa shape index (κ2) is 27.7. The molecule has 56 heavy (non-hydrogen) atoms. The van der Waals surface area contributed by atoms with Gasteiger partial charge in [0.15, 0.2) is 0 Å². The Kier molecular flexibility index (Phi) is 24.4. The summed E-state index contributed by atoms with van der Waals surface area (Å²) in [7, 11) is 5.10. The van der Waals surface area contributed by atoms with Gasteiger partial charge in [-0.3, -0.25) is 24.1 Å². The first-order chi connectivity index (χ1) is 26.8. The number of hydrogen-bond donors (Lipinski definition) is 3. The number of ether oxygens (including phenoxy) is 4. The van der Waals surface area contributed by atoms with E-state index < -0.39 is 18.2 Å². The van der Waals surface area contributed by atoms with Gasteiger partial charge in [0, 0.05) is 33.3 Å². The van der Waals surface area contributed by atoms with E-state index >= 15 is 0 Å². The average molecular weight is 811 g/mol. The number of likely N-dealkylation sites (N-methyl/N-ethyl adjacent to an activating group) is 2. The number of benzene rings is 1. The van der Waals surface area contributed by atoms with E-state index in [1.807, 2.05) is 62.7 Å². The van der Waals surface area contributed by atoms with Crippen molar-refractivity contribution < 1.29 is 43.0 Å². The lowest BCUT2D eigenvalue weighted by Crippen LogP contribution is -2.54. The van der Waals surface area contributed by atoms with Gasteiger partial charge >= 0.3 is 0 Å². The molecule has 16 heteroatoms. The third kappa shape index (κ3) is 17.8. The van der Waals surface area contributed by atoms with Gasteiger partial charge in [0.1, 0.15) is 0 Å². The number of rotatable bonds is 29. The highest BCUT2D eigenvalue weighted by Gasteiger charge is 2.38. The number of nitrogens with two attached hydrogens (primary N) is 1. The molecule has 1 heterocycles. The molecule has 1 aromatic carbocycles. The lowest BCUT2D eigenvalue weighted by Gasteiger charge is -2.38. The molecule has 4 amide bonds. The average Bonchev–Trinajstić information content (AvgIpc) is 3.66. The van der Waals surface area contributed by atoms with Crippen molar-refractivity contribution in [2.75, 3.05) is 87.1 Å². The fraction of sp³-hybridized carbons (Fsp3) is 0.750. The van der Waals surface area contributed by atoms with Gasteiger partial charge in [0.2, 0.25) is 23.6 Å². The van der Waals surface area contributed by atoms with Gasteiger partial charge in [-0.15, -0.1) is 11.8 Å². The first kappa shape index (κ1) is 49.3. The van der Waals surface area contributed by atoms with Crippen molar-refractivity contribution in [2.24, 2.45) is 11.8 Å². The maximum atomic E-state index is 13.9. The first-order valence-corrected chi connectivity index (χ1v) is 20.9. The van der Waals surface area contributed by atoms with Crippen LogP contribution >= 0.6 is 11.8 Å². The summed E-state index contributed by atoms with van der Waals surface area (Å²) in [4.78, 5) is 63.3. The van der Waals surface area contributed by atoms with Crippen LogP contribution in [0, 0.1) is 5.92 Å². The summed E-state index contributed by atoms with van der Waals surface area (Å²) in [5.74, 6) is 4.30. The van der Waals surface area contributed by atoms with Crippen molar-refractivity contribution in [3.63, 3.8) is 0 Å². The highest BCUT2D eigenvalue weighted by Crippen LogP contribution is 2.32. The predicted molar refractivity (Wildman–Crippen MR) is 219 cm³/mol. The Bertz CT molecular complexity index is 1280. The molecule has 1 aromatic rings. The smallest absolute Gasteiger partial charge is 0.242 e. The van der Waals surface area contributed by atoms with Gasteiger partial charge in [0.05, 0.1) is 88.0 Å². The van der Waals surface area contributed by atoms with Crippen molar-refractivity contribution in [3.8, 4) is 0 Å². The fourth-order valence-corrected chi connectivity index (χ4v) is 7.90. The molecule has 15 nitrogen and oxygen atoms in total. The monoisotopic (exact) mass is 810 g/mol. The zero-order valence-corrected chi connectivity index (χ0v) is 35.9. The molecule has 7 atom stereocenters. The van der Waals surface area contributed by atoms with Crippen LogP contribution in [-0.2, 0) is 49.4 Å². The van der Waals surface area contributed by atoms with Crippen molar-refractivity contribution in [2.45, 2.75) is 102 Å². The number of nitrogens with zero attached hydrogens (tertiary/aromatic N) is 3. The maximum Gasteiger partial charge on any atom is 0.242 e. The Morgan fingerprint density at radius 1 is 0.929 bits per heavy atom. The maximum absolute atomic E-state index is 13.9. The molecular formula is C40H70N6O9S. The second-order valence-corrected chi connectivity index (χ2v) is 16.0. The number of nitrogens with one attached hydrogen (secondary N) is 2. The molecule has 0 aromatic heterocycles. The zero-order chi connectivity index (χ0) is 41.5. The summed E-state index contributed by atoms with van der Waals surface area (Å²) in [6.45, 7) is 13.6. The Balaban J connectivity index is 1.85. The number of likely N-dealkylation sites (tertiary alicyclic amines) is 1. The lowest BCUT2D eigenvalue weighted by atomic mass is 9.90. The van der Waals surface area contributed by atoms with Crippen LogP contribution in [0.15, 0.2) is 30.3 Å². The van der Waals surface area contributed by atoms with Crippen LogP contribution in [0.1, 0.15) is 65.9 Å². The Hall–Kier alpha value is -2.83. The van der Waals surface area contributed by atoms with Crippen LogP contribution in [-0.4, -0.2) is 160 Å². The van der Waals surface area contributed by atoms with Gasteiger partial charge in [-0.1, -0.05) is 50.6 Å². The molecular weight excluding hydrogens is 741 g/mol. The third-order valence-corrected chi connectivity index (χ3v) is 11.7. The molecule has 0 radical (unpaired) electrons. The van der Waals surface area contributed by atoms with E-state index in [2.05, 4.69) is 27.6 Å². The molecule has 2 rings (SSSR count). The van der Waals surface area contributed by atoms with Crippen molar-refractivity contribution in [1.82, 2.24) is 25.3 Å². The summed E-state index contributed by atoms with van der Waals surface area (Å²) < 4.78 is 22.3. The molecule has 320 valence electrons. The topological polar surface area (TPSA) is 174 Å². The largest absolute Gasteiger partial charge is 0.379 e. The number of carbonyl (C=O) groups excluding carboxylic acids is 4. The number of amides is 4. The molecule has 4 N–H and O–H groups in total. The van der Waals surface area contributed by atoms with Crippen molar-refractivity contribution >= 4 is 35.4 Å². The van der Waals surface area contributed by atoms with E-state index in [9.17, 15) is 19.2 Å². The van der Waals surface area contributed by atoms with E-state index in [1.165, 1.54) is 11.8 Å². The number of thioether (sulfide) groups is 1. The third-order valence-electron chi connectivity index (χ3n) is 10.3. The highest BCUT2D eigenvalue weighted by atomic mass is 32.2. The molecule has 0 aliphatic carbocycles. The molecule has 1 saturated heterocycles.